The second-order valence-corrected chi connectivity index (χ2v) is 8.53. The molecule has 1 fully saturated rings. The van der Waals surface area contributed by atoms with E-state index in [1.165, 1.54) is 0 Å². The number of carbonyl (C=O) groups excluding carboxylic acids is 1. The van der Waals surface area contributed by atoms with E-state index in [0.717, 1.165) is 54.3 Å². The van der Waals surface area contributed by atoms with E-state index in [0.29, 0.717) is 0 Å². The summed E-state index contributed by atoms with van der Waals surface area (Å²) in [5, 5.41) is 3.17. The number of pyridine rings is 1. The van der Waals surface area contributed by atoms with Crippen LogP contribution in [0.3, 0.4) is 0 Å². The lowest BCUT2D eigenvalue weighted by molar-refractivity contribution is -0.121. The summed E-state index contributed by atoms with van der Waals surface area (Å²) in [7, 11) is 0. The number of nitrogens with zero attached hydrogens (tertiary/aromatic N) is 2. The Kier molecular flexibility index (Phi) is 5.16. The maximum Gasteiger partial charge on any atom is 0.239 e. The average Bonchev–Trinajstić information content (AvgIpc) is 3.36. The molecule has 1 unspecified atom stereocenters. The number of hydrogen-bond donors (Lipinski definition) is 1. The zero-order valence-electron chi connectivity index (χ0n) is 17.8. The van der Waals surface area contributed by atoms with Gasteiger partial charge < -0.3 is 5.32 Å². The highest BCUT2D eigenvalue weighted by Gasteiger charge is 2.54. The number of nitrogens with one attached hydrogen (secondary N) is 1. The first-order valence-electron chi connectivity index (χ1n) is 11.0. The van der Waals surface area contributed by atoms with Crippen LogP contribution < -0.4 is 5.32 Å². The van der Waals surface area contributed by atoms with Gasteiger partial charge in [-0.2, -0.15) is 0 Å². The summed E-state index contributed by atoms with van der Waals surface area (Å²) in [5.74, 6) is 0.329. The monoisotopic (exact) mass is 409 g/mol. The van der Waals surface area contributed by atoms with Crippen LogP contribution in [0.1, 0.15) is 28.9 Å². The molecule has 156 valence electrons. The Morgan fingerprint density at radius 1 is 1.06 bits per heavy atom. The molecular weight excluding hydrogens is 382 g/mol. The molecule has 2 aliphatic heterocycles. The molecule has 4 heteroatoms. The van der Waals surface area contributed by atoms with Crippen molar-refractivity contribution in [3.63, 3.8) is 0 Å². The quantitative estimate of drug-likeness (QED) is 0.666. The van der Waals surface area contributed by atoms with Gasteiger partial charge in [0.15, 0.2) is 0 Å². The number of aromatic nitrogens is 1. The molecule has 0 bridgehead atoms. The Morgan fingerprint density at radius 2 is 1.87 bits per heavy atom. The third-order valence-corrected chi connectivity index (χ3v) is 6.63. The Morgan fingerprint density at radius 3 is 2.71 bits per heavy atom. The van der Waals surface area contributed by atoms with Crippen LogP contribution >= 0.6 is 0 Å². The molecule has 5 rings (SSSR count). The minimum Gasteiger partial charge on any atom is -0.325 e. The largest absolute Gasteiger partial charge is 0.325 e. The Bertz CT molecular complexity index is 1120. The van der Waals surface area contributed by atoms with Gasteiger partial charge in [-0.15, -0.1) is 0 Å². The van der Waals surface area contributed by atoms with Crippen LogP contribution in [0.2, 0.25) is 0 Å². The molecule has 3 aromatic rings. The van der Waals surface area contributed by atoms with E-state index in [9.17, 15) is 4.79 Å². The molecule has 1 aromatic heterocycles. The predicted octanol–water partition coefficient (Wildman–Crippen LogP) is 4.66. The summed E-state index contributed by atoms with van der Waals surface area (Å²) in [4.78, 5) is 20.5. The van der Waals surface area contributed by atoms with Gasteiger partial charge in [0.1, 0.15) is 5.41 Å². The molecule has 0 saturated carbocycles. The number of carbonyl (C=O) groups is 1. The van der Waals surface area contributed by atoms with E-state index < -0.39 is 5.41 Å². The van der Waals surface area contributed by atoms with E-state index in [1.807, 2.05) is 61.5 Å². The zero-order valence-corrected chi connectivity index (χ0v) is 17.8. The third-order valence-electron chi connectivity index (χ3n) is 6.63. The van der Waals surface area contributed by atoms with E-state index in [-0.39, 0.29) is 11.8 Å². The average molecular weight is 410 g/mol. The number of fused-ring (bicyclic) bond motifs is 1. The molecule has 3 heterocycles. The van der Waals surface area contributed by atoms with Crippen LogP contribution in [0.4, 0.5) is 5.69 Å². The van der Waals surface area contributed by atoms with Gasteiger partial charge in [0.25, 0.3) is 0 Å². The van der Waals surface area contributed by atoms with E-state index >= 15 is 0 Å². The molecule has 31 heavy (non-hydrogen) atoms. The van der Waals surface area contributed by atoms with Gasteiger partial charge in [-0.25, -0.2) is 0 Å². The molecule has 2 aliphatic rings. The van der Waals surface area contributed by atoms with Gasteiger partial charge in [0.2, 0.25) is 5.91 Å². The number of likely N-dealkylation sites (tertiary alicyclic amines) is 1. The lowest BCUT2D eigenvalue weighted by Crippen LogP contribution is -2.44. The first-order valence-corrected chi connectivity index (χ1v) is 11.0. The summed E-state index contributed by atoms with van der Waals surface area (Å²) in [6.45, 7) is 4.75. The van der Waals surface area contributed by atoms with Crippen LogP contribution in [0.15, 0.2) is 78.9 Å². The summed E-state index contributed by atoms with van der Waals surface area (Å²) < 4.78 is 0. The number of rotatable bonds is 5. The van der Waals surface area contributed by atoms with Crippen molar-refractivity contribution < 1.29 is 4.79 Å². The second-order valence-electron chi connectivity index (χ2n) is 8.53. The van der Waals surface area contributed by atoms with Crippen LogP contribution in [0, 0.1) is 12.8 Å². The van der Waals surface area contributed by atoms with Crippen molar-refractivity contribution in [3.8, 4) is 0 Å². The van der Waals surface area contributed by atoms with Crippen molar-refractivity contribution in [1.29, 1.82) is 0 Å². The summed E-state index contributed by atoms with van der Waals surface area (Å²) in [5.41, 5.74) is 4.52. The second kappa shape index (κ2) is 8.12. The fraction of sp³-hybridized carbons (Fsp3) is 0.259. The standard InChI is InChI=1S/C27H27N3O/c1-20-9-7-12-23(28-20)13-8-17-30-18-16-22(19-30)27(21-10-3-2-4-11-21)24-14-5-6-15-25(24)29-26(27)31/h2-15,22H,16-19H2,1H3,(H,29,31)/t22-,27?/m1/s1. The topological polar surface area (TPSA) is 45.2 Å². The number of benzene rings is 2. The lowest BCUT2D eigenvalue weighted by Gasteiger charge is -2.34. The first-order chi connectivity index (χ1) is 15.2. The normalized spacial score (nSPS) is 23.3. The highest BCUT2D eigenvalue weighted by Crippen LogP contribution is 2.50. The Balaban J connectivity index is 1.41. The number of aryl methyl sites for hydroxylation is 1. The van der Waals surface area contributed by atoms with Crippen molar-refractivity contribution in [2.75, 3.05) is 25.0 Å². The van der Waals surface area contributed by atoms with Crippen molar-refractivity contribution in [2.24, 2.45) is 5.92 Å². The van der Waals surface area contributed by atoms with Gasteiger partial charge in [0, 0.05) is 24.5 Å². The smallest absolute Gasteiger partial charge is 0.239 e. The maximum absolute atomic E-state index is 13.5. The van der Waals surface area contributed by atoms with E-state index in [4.69, 9.17) is 0 Å². The van der Waals surface area contributed by atoms with Gasteiger partial charge in [0.05, 0.1) is 5.69 Å². The number of amides is 1. The zero-order chi connectivity index (χ0) is 21.3. The highest BCUT2D eigenvalue weighted by atomic mass is 16.2. The molecule has 1 amide bonds. The maximum atomic E-state index is 13.5. The summed E-state index contributed by atoms with van der Waals surface area (Å²) >= 11 is 0. The number of anilines is 1. The van der Waals surface area contributed by atoms with Crippen molar-refractivity contribution >= 4 is 17.7 Å². The van der Waals surface area contributed by atoms with Crippen LogP contribution in [-0.4, -0.2) is 35.4 Å². The SMILES string of the molecule is Cc1cccc(C=CCN2CC[C@@H](C3(c4ccccc4)C(=O)Nc4ccccc43)C2)n1. The minimum absolute atomic E-state index is 0.103. The third kappa shape index (κ3) is 3.47. The Hall–Kier alpha value is -3.24. The molecule has 1 N–H and O–H groups in total. The molecule has 2 atom stereocenters. The molecule has 4 nitrogen and oxygen atoms in total. The fourth-order valence-electron chi connectivity index (χ4n) is 5.24. The molecule has 2 aromatic carbocycles. The fourth-order valence-corrected chi connectivity index (χ4v) is 5.24. The predicted molar refractivity (Wildman–Crippen MR) is 125 cm³/mol. The van der Waals surface area contributed by atoms with Crippen LogP contribution in [-0.2, 0) is 10.2 Å². The van der Waals surface area contributed by atoms with Crippen LogP contribution in [0.25, 0.3) is 6.08 Å². The Labute approximate surface area is 183 Å². The molecule has 1 saturated heterocycles. The van der Waals surface area contributed by atoms with Crippen molar-refractivity contribution in [3.05, 3.63) is 101 Å². The summed E-state index contributed by atoms with van der Waals surface area (Å²) in [6, 6.07) is 24.5. The van der Waals surface area contributed by atoms with E-state index in [1.54, 1.807) is 0 Å². The van der Waals surface area contributed by atoms with Crippen molar-refractivity contribution in [1.82, 2.24) is 9.88 Å². The number of hydrogen-bond acceptors (Lipinski definition) is 3. The van der Waals surface area contributed by atoms with Gasteiger partial charge in [-0.3, -0.25) is 14.7 Å². The number of para-hydroxylation sites is 1. The highest BCUT2D eigenvalue weighted by molar-refractivity contribution is 6.09. The minimum atomic E-state index is -0.631. The summed E-state index contributed by atoms with van der Waals surface area (Å²) in [6.07, 6.45) is 5.26. The first kappa shape index (κ1) is 19.7. The van der Waals surface area contributed by atoms with Crippen LogP contribution in [0.5, 0.6) is 0 Å². The van der Waals surface area contributed by atoms with E-state index in [2.05, 4.69) is 45.6 Å². The molecule has 0 spiro atoms. The van der Waals surface area contributed by atoms with Gasteiger partial charge in [-0.1, -0.05) is 60.7 Å². The lowest BCUT2D eigenvalue weighted by atomic mass is 9.66. The van der Waals surface area contributed by atoms with Gasteiger partial charge >= 0.3 is 0 Å². The molecule has 0 radical (unpaired) electrons. The molecule has 0 aliphatic carbocycles. The van der Waals surface area contributed by atoms with Gasteiger partial charge in [-0.05, 0) is 61.2 Å². The van der Waals surface area contributed by atoms with Crippen molar-refractivity contribution in [2.45, 2.75) is 18.8 Å². The molecular formula is C27H27N3O.